The van der Waals surface area contributed by atoms with E-state index in [0.29, 0.717) is 21.2 Å². The molecule has 1 amide bonds. The Morgan fingerprint density at radius 2 is 1.81 bits per heavy atom. The molecule has 162 valence electrons. The molecule has 0 aliphatic rings. The third kappa shape index (κ3) is 5.75. The van der Waals surface area contributed by atoms with E-state index in [2.05, 4.69) is 10.3 Å². The number of carboxylic acids is 1. The Morgan fingerprint density at radius 1 is 1.13 bits per heavy atom. The second-order valence-electron chi connectivity index (χ2n) is 6.40. The van der Waals surface area contributed by atoms with Crippen LogP contribution in [0.15, 0.2) is 47.8 Å². The topological polar surface area (TPSA) is 79.3 Å². The average molecular weight is 489 g/mol. The Bertz CT molecular complexity index is 1120. The Hall–Kier alpha value is -2.62. The van der Waals surface area contributed by atoms with E-state index in [9.17, 15) is 27.9 Å². The van der Waals surface area contributed by atoms with Crippen LogP contribution in [0.4, 0.5) is 13.2 Å². The predicted molar refractivity (Wildman–Crippen MR) is 111 cm³/mol. The van der Waals surface area contributed by atoms with Crippen molar-refractivity contribution in [1.82, 2.24) is 10.3 Å². The minimum absolute atomic E-state index is 0.000345. The number of thiazole rings is 1. The molecule has 1 heterocycles. The standard InChI is InChI=1S/C20H13Cl2F3N2O3S/c21-12-5-6-13(14(22)7-12)15(8-17(28)29)26-18(30)16-9-31-19(27-16)10-1-3-11(4-2-10)20(23,24)25/h1-7,9,15H,8H2,(H,26,30)(H,28,29)/t15-/m0/s1. The molecular formula is C20H13Cl2F3N2O3S. The van der Waals surface area contributed by atoms with Crippen LogP contribution in [0.1, 0.15) is 34.1 Å². The maximum absolute atomic E-state index is 12.7. The van der Waals surface area contributed by atoms with E-state index in [4.69, 9.17) is 23.2 Å². The number of carbonyl (C=O) groups excluding carboxylic acids is 1. The van der Waals surface area contributed by atoms with Gasteiger partial charge < -0.3 is 10.4 Å². The van der Waals surface area contributed by atoms with Gasteiger partial charge in [0.05, 0.1) is 18.0 Å². The molecule has 0 aliphatic carbocycles. The van der Waals surface area contributed by atoms with E-state index in [1.165, 1.54) is 35.7 Å². The van der Waals surface area contributed by atoms with E-state index in [1.807, 2.05) is 0 Å². The molecule has 3 rings (SSSR count). The number of benzene rings is 2. The SMILES string of the molecule is O=C(O)C[C@H](NC(=O)c1csc(-c2ccc(C(F)(F)F)cc2)n1)c1ccc(Cl)cc1Cl. The largest absolute Gasteiger partial charge is 0.481 e. The lowest BCUT2D eigenvalue weighted by Crippen LogP contribution is -2.30. The number of carbonyl (C=O) groups is 2. The van der Waals surface area contributed by atoms with E-state index >= 15 is 0 Å². The maximum Gasteiger partial charge on any atom is 0.416 e. The minimum Gasteiger partial charge on any atom is -0.481 e. The van der Waals surface area contributed by atoms with Crippen molar-refractivity contribution in [2.24, 2.45) is 0 Å². The van der Waals surface area contributed by atoms with Crippen LogP contribution in [-0.4, -0.2) is 22.0 Å². The molecule has 31 heavy (non-hydrogen) atoms. The van der Waals surface area contributed by atoms with Crippen LogP contribution in [0, 0.1) is 0 Å². The van der Waals surface area contributed by atoms with E-state index in [1.54, 1.807) is 0 Å². The molecule has 0 bridgehead atoms. The Morgan fingerprint density at radius 3 is 2.39 bits per heavy atom. The minimum atomic E-state index is -4.45. The summed E-state index contributed by atoms with van der Waals surface area (Å²) in [5.41, 5.74) is 0.00221. The number of carboxylic acid groups (broad SMARTS) is 1. The lowest BCUT2D eigenvalue weighted by molar-refractivity contribution is -0.138. The fourth-order valence-corrected chi connectivity index (χ4v) is 4.09. The van der Waals surface area contributed by atoms with Crippen molar-refractivity contribution in [2.45, 2.75) is 18.6 Å². The van der Waals surface area contributed by atoms with Gasteiger partial charge in [-0.15, -0.1) is 11.3 Å². The molecule has 2 aromatic carbocycles. The smallest absolute Gasteiger partial charge is 0.416 e. The van der Waals surface area contributed by atoms with Crippen molar-refractivity contribution in [3.05, 3.63) is 74.7 Å². The highest BCUT2D eigenvalue weighted by atomic mass is 35.5. The first kappa shape index (κ1) is 23.1. The second-order valence-corrected chi connectivity index (χ2v) is 8.10. The summed E-state index contributed by atoms with van der Waals surface area (Å²) < 4.78 is 38.1. The molecule has 0 saturated carbocycles. The molecule has 3 aromatic rings. The van der Waals surface area contributed by atoms with Gasteiger partial charge in [0.25, 0.3) is 5.91 Å². The highest BCUT2D eigenvalue weighted by molar-refractivity contribution is 7.13. The lowest BCUT2D eigenvalue weighted by atomic mass is 10.0. The van der Waals surface area contributed by atoms with Crippen LogP contribution in [0.2, 0.25) is 10.0 Å². The van der Waals surface area contributed by atoms with Crippen molar-refractivity contribution in [1.29, 1.82) is 0 Å². The number of hydrogen-bond donors (Lipinski definition) is 2. The first-order chi connectivity index (χ1) is 14.5. The van der Waals surface area contributed by atoms with Gasteiger partial charge in [0.1, 0.15) is 10.7 Å². The summed E-state index contributed by atoms with van der Waals surface area (Å²) in [5, 5.41) is 14.1. The summed E-state index contributed by atoms with van der Waals surface area (Å²) in [6, 6.07) is 7.94. The Kier molecular flexibility index (Phi) is 6.88. The van der Waals surface area contributed by atoms with Gasteiger partial charge in [-0.25, -0.2) is 4.98 Å². The summed E-state index contributed by atoms with van der Waals surface area (Å²) in [6.07, 6.45) is -4.88. The molecule has 0 unspecified atom stereocenters. The summed E-state index contributed by atoms with van der Waals surface area (Å²) >= 11 is 13.1. The summed E-state index contributed by atoms with van der Waals surface area (Å²) in [4.78, 5) is 28.1. The van der Waals surface area contributed by atoms with Gasteiger partial charge in [0.15, 0.2) is 0 Å². The average Bonchev–Trinajstić information content (AvgIpc) is 3.17. The quantitative estimate of drug-likeness (QED) is 0.440. The first-order valence-corrected chi connectivity index (χ1v) is 10.3. The van der Waals surface area contributed by atoms with E-state index in [-0.39, 0.29) is 10.7 Å². The van der Waals surface area contributed by atoms with Crippen molar-refractivity contribution in [3.8, 4) is 10.6 Å². The predicted octanol–water partition coefficient (Wildman–Crippen LogP) is 6.08. The number of amides is 1. The number of hydrogen-bond acceptors (Lipinski definition) is 4. The number of halogens is 5. The fraction of sp³-hybridized carbons (Fsp3) is 0.150. The third-order valence-corrected chi connectivity index (χ3v) is 5.67. The molecule has 0 aliphatic heterocycles. The van der Waals surface area contributed by atoms with E-state index < -0.39 is 36.1 Å². The molecule has 1 atom stereocenters. The van der Waals surface area contributed by atoms with Crippen molar-refractivity contribution in [3.63, 3.8) is 0 Å². The molecule has 5 nitrogen and oxygen atoms in total. The van der Waals surface area contributed by atoms with Gasteiger partial charge in [0, 0.05) is 21.0 Å². The second kappa shape index (κ2) is 9.25. The third-order valence-electron chi connectivity index (χ3n) is 4.22. The van der Waals surface area contributed by atoms with Gasteiger partial charge in [-0.05, 0) is 29.8 Å². The summed E-state index contributed by atoms with van der Waals surface area (Å²) in [6.45, 7) is 0. The first-order valence-electron chi connectivity index (χ1n) is 8.65. The molecule has 1 aromatic heterocycles. The Balaban J connectivity index is 1.80. The van der Waals surface area contributed by atoms with Crippen LogP contribution >= 0.6 is 34.5 Å². The molecule has 0 saturated heterocycles. The molecule has 0 radical (unpaired) electrons. The number of aliphatic carboxylic acids is 1. The fourth-order valence-electron chi connectivity index (χ4n) is 2.74. The molecule has 0 spiro atoms. The molecule has 2 N–H and O–H groups in total. The van der Waals surface area contributed by atoms with Crippen LogP contribution in [0.5, 0.6) is 0 Å². The lowest BCUT2D eigenvalue weighted by Gasteiger charge is -2.18. The molecular weight excluding hydrogens is 476 g/mol. The van der Waals surface area contributed by atoms with Gasteiger partial charge in [-0.2, -0.15) is 13.2 Å². The van der Waals surface area contributed by atoms with E-state index in [0.717, 1.165) is 23.5 Å². The van der Waals surface area contributed by atoms with Crippen LogP contribution < -0.4 is 5.32 Å². The number of nitrogens with zero attached hydrogens (tertiary/aromatic N) is 1. The van der Waals surface area contributed by atoms with Crippen LogP contribution in [0.3, 0.4) is 0 Å². The summed E-state index contributed by atoms with van der Waals surface area (Å²) in [5.74, 6) is -1.80. The van der Waals surface area contributed by atoms with Gasteiger partial charge in [0.2, 0.25) is 0 Å². The number of alkyl halides is 3. The van der Waals surface area contributed by atoms with Gasteiger partial charge in [-0.1, -0.05) is 41.4 Å². The Labute approximate surface area is 188 Å². The highest BCUT2D eigenvalue weighted by Crippen LogP contribution is 2.32. The number of rotatable bonds is 6. The zero-order valence-electron chi connectivity index (χ0n) is 15.4. The monoisotopic (exact) mass is 488 g/mol. The normalized spacial score (nSPS) is 12.4. The number of aromatic nitrogens is 1. The van der Waals surface area contributed by atoms with Crippen molar-refractivity contribution < 1.29 is 27.9 Å². The molecule has 0 fully saturated rings. The van der Waals surface area contributed by atoms with Crippen molar-refractivity contribution in [2.75, 3.05) is 0 Å². The summed E-state index contributed by atoms with van der Waals surface area (Å²) in [7, 11) is 0. The molecule has 11 heteroatoms. The van der Waals surface area contributed by atoms with Crippen molar-refractivity contribution >= 4 is 46.4 Å². The zero-order chi connectivity index (χ0) is 22.8. The zero-order valence-corrected chi connectivity index (χ0v) is 17.7. The van der Waals surface area contributed by atoms with Gasteiger partial charge >= 0.3 is 12.1 Å². The maximum atomic E-state index is 12.7. The van der Waals surface area contributed by atoms with Gasteiger partial charge in [-0.3, -0.25) is 9.59 Å². The highest BCUT2D eigenvalue weighted by Gasteiger charge is 2.30. The van der Waals surface area contributed by atoms with Crippen LogP contribution in [0.25, 0.3) is 10.6 Å². The van der Waals surface area contributed by atoms with Crippen LogP contribution in [-0.2, 0) is 11.0 Å². The number of nitrogens with one attached hydrogen (secondary N) is 1.